The fraction of sp³-hybridized carbons (Fsp3) is 0.273. The summed E-state index contributed by atoms with van der Waals surface area (Å²) in [5.41, 5.74) is 8.15. The number of ether oxygens (including phenoxy) is 1. The van der Waals surface area contributed by atoms with Gasteiger partial charge in [0.15, 0.2) is 11.6 Å². The number of aryl methyl sites for hydroxylation is 1. The SMILES string of the molecule is C[C@H]1Oc2cc(cnc2N)-c2c(nn(C)c2C#N)C[C@@H]2CC(=O)N=S2(=O)c2ccc(F)cc21. The minimum atomic E-state index is -3.28. The average Bonchev–Trinajstić information content (AvgIpc) is 3.23. The number of nitriles is 1. The quantitative estimate of drug-likeness (QED) is 0.538. The number of carbonyl (C=O) groups is 1. The Kier molecular flexibility index (Phi) is 4.72. The summed E-state index contributed by atoms with van der Waals surface area (Å²) in [7, 11) is -1.64. The maximum absolute atomic E-state index is 14.2. The molecule has 2 aliphatic rings. The highest BCUT2D eigenvalue weighted by atomic mass is 32.2. The van der Waals surface area contributed by atoms with Crippen molar-refractivity contribution >= 4 is 21.5 Å². The first-order chi connectivity index (χ1) is 15.7. The lowest BCUT2D eigenvalue weighted by Gasteiger charge is -2.23. The normalized spacial score (nSPS) is 23.6. The summed E-state index contributed by atoms with van der Waals surface area (Å²) in [6, 6.07) is 7.62. The zero-order chi connectivity index (χ0) is 23.5. The van der Waals surface area contributed by atoms with Gasteiger partial charge in [-0.25, -0.2) is 13.6 Å². The van der Waals surface area contributed by atoms with E-state index in [0.717, 1.165) is 0 Å². The van der Waals surface area contributed by atoms with E-state index >= 15 is 0 Å². The third-order valence-electron chi connectivity index (χ3n) is 5.94. The largest absolute Gasteiger partial charge is 0.482 e. The molecule has 1 amide bonds. The van der Waals surface area contributed by atoms with Gasteiger partial charge in [0, 0.05) is 42.8 Å². The molecule has 0 fully saturated rings. The molecule has 11 heteroatoms. The van der Waals surface area contributed by atoms with Crippen LogP contribution in [0.3, 0.4) is 0 Å². The van der Waals surface area contributed by atoms with E-state index in [9.17, 15) is 18.7 Å². The van der Waals surface area contributed by atoms with Crippen molar-refractivity contribution in [2.45, 2.75) is 36.0 Å². The number of rotatable bonds is 0. The molecule has 0 aliphatic carbocycles. The first-order valence-electron chi connectivity index (χ1n) is 10.2. The molecule has 2 bridgehead atoms. The highest BCUT2D eigenvalue weighted by molar-refractivity contribution is 7.95. The van der Waals surface area contributed by atoms with Crippen LogP contribution >= 0.6 is 0 Å². The minimum absolute atomic E-state index is 0.0476. The van der Waals surface area contributed by atoms with Gasteiger partial charge in [-0.15, -0.1) is 0 Å². The Bertz CT molecular complexity index is 1500. The van der Waals surface area contributed by atoms with E-state index < -0.39 is 32.8 Å². The van der Waals surface area contributed by atoms with Gasteiger partial charge >= 0.3 is 0 Å². The maximum Gasteiger partial charge on any atom is 0.255 e. The fourth-order valence-electron chi connectivity index (χ4n) is 4.40. The summed E-state index contributed by atoms with van der Waals surface area (Å²) in [5, 5.41) is 13.5. The predicted molar refractivity (Wildman–Crippen MR) is 117 cm³/mol. The second kappa shape index (κ2) is 7.38. The standard InChI is InChI=1S/C22H19FN6O3S/c1-11-15-6-13(23)3-4-19(15)33(31)14(8-20(30)28-33)7-16-21(17(9-24)29(2)27-16)12-5-18(32-11)22(25)26-10-12/h3-6,10-11,14H,7-8H2,1-2H3,(H2,25,26)/t11-,14-,33?/m1/s1. The number of pyridine rings is 1. The molecule has 3 atom stereocenters. The molecular formula is C22H19FN6O3S. The van der Waals surface area contributed by atoms with Gasteiger partial charge in [-0.2, -0.15) is 14.7 Å². The van der Waals surface area contributed by atoms with Crippen LogP contribution in [0.5, 0.6) is 5.75 Å². The summed E-state index contributed by atoms with van der Waals surface area (Å²) in [6.07, 6.45) is 0.816. The Hall–Kier alpha value is -3.78. The van der Waals surface area contributed by atoms with Crippen molar-refractivity contribution < 1.29 is 18.1 Å². The summed E-state index contributed by atoms with van der Waals surface area (Å²) in [6.45, 7) is 1.67. The van der Waals surface area contributed by atoms with Crippen LogP contribution in [0.15, 0.2) is 39.7 Å². The second-order valence-corrected chi connectivity index (χ2v) is 10.5. The van der Waals surface area contributed by atoms with Crippen LogP contribution in [-0.4, -0.2) is 30.1 Å². The monoisotopic (exact) mass is 466 g/mol. The highest BCUT2D eigenvalue weighted by Gasteiger charge is 2.39. The minimum Gasteiger partial charge on any atom is -0.482 e. The Labute approximate surface area is 189 Å². The van der Waals surface area contributed by atoms with E-state index in [1.165, 1.54) is 29.1 Å². The number of hydrogen-bond donors (Lipinski definition) is 1. The van der Waals surface area contributed by atoms with Gasteiger partial charge in [0.25, 0.3) is 5.91 Å². The van der Waals surface area contributed by atoms with Crippen molar-refractivity contribution in [2.24, 2.45) is 11.4 Å². The van der Waals surface area contributed by atoms with Gasteiger partial charge in [0.05, 0.1) is 25.6 Å². The van der Waals surface area contributed by atoms with Crippen LogP contribution in [0.25, 0.3) is 11.1 Å². The molecule has 9 nitrogen and oxygen atoms in total. The highest BCUT2D eigenvalue weighted by Crippen LogP contribution is 2.40. The number of fused-ring (bicyclic) bond motifs is 7. The lowest BCUT2D eigenvalue weighted by atomic mass is 10.0. The third kappa shape index (κ3) is 3.25. The number of hydrogen-bond acceptors (Lipinski definition) is 7. The third-order valence-corrected chi connectivity index (χ3v) is 8.65. The van der Waals surface area contributed by atoms with Crippen LogP contribution < -0.4 is 10.5 Å². The molecule has 2 N–H and O–H groups in total. The topological polar surface area (TPSA) is 136 Å². The lowest BCUT2D eigenvalue weighted by molar-refractivity contribution is -0.117. The zero-order valence-electron chi connectivity index (χ0n) is 17.8. The van der Waals surface area contributed by atoms with Crippen LogP contribution in [0.1, 0.15) is 36.4 Å². The molecule has 1 unspecified atom stereocenters. The van der Waals surface area contributed by atoms with Crippen LogP contribution in [0, 0.1) is 17.1 Å². The number of anilines is 1. The van der Waals surface area contributed by atoms with Gasteiger partial charge in [-0.3, -0.25) is 9.48 Å². The van der Waals surface area contributed by atoms with Crippen LogP contribution in [0.4, 0.5) is 10.2 Å². The molecule has 33 heavy (non-hydrogen) atoms. The van der Waals surface area contributed by atoms with E-state index in [0.29, 0.717) is 22.4 Å². The molecule has 1 aromatic carbocycles. The molecule has 0 spiro atoms. The Morgan fingerprint density at radius 1 is 1.33 bits per heavy atom. The Balaban J connectivity index is 1.84. The van der Waals surface area contributed by atoms with Crippen molar-refractivity contribution in [1.82, 2.24) is 14.8 Å². The molecule has 2 aliphatic heterocycles. The Morgan fingerprint density at radius 3 is 2.88 bits per heavy atom. The van der Waals surface area contributed by atoms with Gasteiger partial charge in [-0.1, -0.05) is 0 Å². The summed E-state index contributed by atoms with van der Waals surface area (Å²) >= 11 is 0. The molecule has 5 rings (SSSR count). The van der Waals surface area contributed by atoms with E-state index in [4.69, 9.17) is 10.5 Å². The lowest BCUT2D eigenvalue weighted by Crippen LogP contribution is -2.23. The van der Waals surface area contributed by atoms with Gasteiger partial charge in [0.2, 0.25) is 0 Å². The first-order valence-corrected chi connectivity index (χ1v) is 11.8. The summed E-state index contributed by atoms with van der Waals surface area (Å²) < 4.78 is 39.9. The van der Waals surface area contributed by atoms with Crippen molar-refractivity contribution in [3.05, 3.63) is 53.2 Å². The molecule has 0 radical (unpaired) electrons. The van der Waals surface area contributed by atoms with E-state index in [-0.39, 0.29) is 35.0 Å². The first kappa shape index (κ1) is 21.1. The van der Waals surface area contributed by atoms with Gasteiger partial charge in [-0.05, 0) is 31.2 Å². The number of carbonyl (C=O) groups excluding carboxylic acids is 1. The number of halogens is 1. The van der Waals surface area contributed by atoms with E-state index in [1.807, 2.05) is 0 Å². The summed E-state index contributed by atoms with van der Waals surface area (Å²) in [5.74, 6) is -0.702. The maximum atomic E-state index is 14.2. The zero-order valence-corrected chi connectivity index (χ0v) is 18.6. The fourth-order valence-corrected chi connectivity index (χ4v) is 6.96. The number of nitrogen functional groups attached to an aromatic ring is 1. The number of benzene rings is 1. The number of amides is 1. The van der Waals surface area contributed by atoms with Crippen molar-refractivity contribution in [3.8, 4) is 22.9 Å². The number of nitrogens with two attached hydrogens (primary N) is 1. The Morgan fingerprint density at radius 2 is 2.12 bits per heavy atom. The van der Waals surface area contributed by atoms with E-state index in [1.54, 1.807) is 20.0 Å². The smallest absolute Gasteiger partial charge is 0.255 e. The predicted octanol–water partition coefficient (Wildman–Crippen LogP) is 2.90. The van der Waals surface area contributed by atoms with Crippen molar-refractivity contribution in [3.63, 3.8) is 0 Å². The van der Waals surface area contributed by atoms with Gasteiger partial charge in [0.1, 0.15) is 23.7 Å². The average molecular weight is 466 g/mol. The molecular weight excluding hydrogens is 447 g/mol. The van der Waals surface area contributed by atoms with Crippen LogP contribution in [0.2, 0.25) is 0 Å². The summed E-state index contributed by atoms with van der Waals surface area (Å²) in [4.78, 5) is 16.8. The molecule has 4 heterocycles. The van der Waals surface area contributed by atoms with Crippen molar-refractivity contribution in [2.75, 3.05) is 5.73 Å². The van der Waals surface area contributed by atoms with E-state index in [2.05, 4.69) is 20.5 Å². The molecule has 0 saturated heterocycles. The van der Waals surface area contributed by atoms with Crippen LogP contribution in [-0.2, 0) is 28.0 Å². The molecule has 2 aromatic heterocycles. The van der Waals surface area contributed by atoms with Crippen molar-refractivity contribution in [1.29, 1.82) is 5.26 Å². The number of aromatic nitrogens is 3. The molecule has 3 aromatic rings. The second-order valence-electron chi connectivity index (χ2n) is 8.04. The molecule has 0 saturated carbocycles. The number of nitrogens with zero attached hydrogens (tertiary/aromatic N) is 5. The molecule has 168 valence electrons. The van der Waals surface area contributed by atoms with Gasteiger partial charge < -0.3 is 10.5 Å².